The normalized spacial score (nSPS) is 11.0. The highest BCUT2D eigenvalue weighted by molar-refractivity contribution is 7.92. The molecular weight excluding hydrogens is 346 g/mol. The van der Waals surface area contributed by atoms with Crippen LogP contribution < -0.4 is 10.0 Å². The molecule has 2 aromatic carbocycles. The lowest BCUT2D eigenvalue weighted by Crippen LogP contribution is -2.14. The van der Waals surface area contributed by atoms with E-state index in [1.807, 2.05) is 30.3 Å². The summed E-state index contributed by atoms with van der Waals surface area (Å²) in [5.74, 6) is 0.418. The SMILES string of the molecule is O=S(=O)(Nc1cccnc1Nc1ccccc1)c1ccc(Cl)cc1. The van der Waals surface area contributed by atoms with E-state index >= 15 is 0 Å². The first kappa shape index (κ1) is 16.3. The van der Waals surface area contributed by atoms with Gasteiger partial charge in [0.1, 0.15) is 0 Å². The molecule has 24 heavy (non-hydrogen) atoms. The molecule has 0 amide bonds. The Balaban J connectivity index is 1.89. The van der Waals surface area contributed by atoms with Crippen LogP contribution in [0.5, 0.6) is 0 Å². The minimum atomic E-state index is -3.73. The Morgan fingerprint density at radius 2 is 1.58 bits per heavy atom. The molecule has 3 aromatic rings. The van der Waals surface area contributed by atoms with Crippen LogP contribution in [0.1, 0.15) is 0 Å². The highest BCUT2D eigenvalue weighted by Gasteiger charge is 2.16. The number of pyridine rings is 1. The number of hydrogen-bond acceptors (Lipinski definition) is 4. The third-order valence-electron chi connectivity index (χ3n) is 3.21. The highest BCUT2D eigenvalue weighted by atomic mass is 35.5. The van der Waals surface area contributed by atoms with Crippen LogP contribution in [0.4, 0.5) is 17.2 Å². The van der Waals surface area contributed by atoms with Crippen LogP contribution in [0.2, 0.25) is 5.02 Å². The van der Waals surface area contributed by atoms with Crippen molar-refractivity contribution in [3.8, 4) is 0 Å². The van der Waals surface area contributed by atoms with Crippen LogP contribution in [0.15, 0.2) is 77.8 Å². The molecule has 1 aromatic heterocycles. The molecule has 0 fully saturated rings. The predicted molar refractivity (Wildman–Crippen MR) is 96.2 cm³/mol. The van der Waals surface area contributed by atoms with Gasteiger partial charge in [0.2, 0.25) is 0 Å². The Kier molecular flexibility index (Phi) is 4.69. The number of halogens is 1. The first-order chi connectivity index (χ1) is 11.5. The first-order valence-electron chi connectivity index (χ1n) is 7.10. The van der Waals surface area contributed by atoms with Gasteiger partial charge in [-0.3, -0.25) is 4.72 Å². The van der Waals surface area contributed by atoms with Crippen molar-refractivity contribution in [1.82, 2.24) is 4.98 Å². The number of nitrogens with zero attached hydrogens (tertiary/aromatic N) is 1. The van der Waals surface area contributed by atoms with E-state index in [0.29, 0.717) is 16.5 Å². The molecule has 0 aliphatic rings. The molecule has 0 bridgehead atoms. The lowest BCUT2D eigenvalue weighted by Gasteiger charge is -2.13. The lowest BCUT2D eigenvalue weighted by atomic mass is 10.3. The van der Waals surface area contributed by atoms with E-state index in [0.717, 1.165) is 5.69 Å². The van der Waals surface area contributed by atoms with Crippen molar-refractivity contribution in [2.24, 2.45) is 0 Å². The maximum atomic E-state index is 12.5. The average molecular weight is 360 g/mol. The molecule has 2 N–H and O–H groups in total. The van der Waals surface area contributed by atoms with Gasteiger partial charge < -0.3 is 5.32 Å². The van der Waals surface area contributed by atoms with Crippen LogP contribution in [0, 0.1) is 0 Å². The fourth-order valence-electron chi connectivity index (χ4n) is 2.06. The smallest absolute Gasteiger partial charge is 0.262 e. The molecule has 0 aliphatic carbocycles. The van der Waals surface area contributed by atoms with Crippen LogP contribution in [0.25, 0.3) is 0 Å². The minimum absolute atomic E-state index is 0.126. The summed E-state index contributed by atoms with van der Waals surface area (Å²) in [6, 6.07) is 18.7. The Hall–Kier alpha value is -2.57. The third-order valence-corrected chi connectivity index (χ3v) is 4.85. The van der Waals surface area contributed by atoms with Gasteiger partial charge in [0, 0.05) is 16.9 Å². The van der Waals surface area contributed by atoms with Gasteiger partial charge in [0.05, 0.1) is 10.6 Å². The molecule has 122 valence electrons. The molecule has 0 atom stereocenters. The number of sulfonamides is 1. The average Bonchev–Trinajstić information content (AvgIpc) is 2.58. The van der Waals surface area contributed by atoms with Crippen molar-refractivity contribution in [3.05, 3.63) is 77.9 Å². The minimum Gasteiger partial charge on any atom is -0.338 e. The fourth-order valence-corrected chi connectivity index (χ4v) is 3.26. The van der Waals surface area contributed by atoms with Crippen molar-refractivity contribution in [2.45, 2.75) is 4.90 Å². The van der Waals surface area contributed by atoms with Crippen LogP contribution >= 0.6 is 11.6 Å². The molecule has 0 spiro atoms. The standard InChI is InChI=1S/C17H14ClN3O2S/c18-13-8-10-15(11-9-13)24(22,23)21-16-7-4-12-19-17(16)20-14-5-2-1-3-6-14/h1-12,21H,(H,19,20). The zero-order chi connectivity index (χ0) is 17.0. The van der Waals surface area contributed by atoms with E-state index in [1.165, 1.54) is 24.3 Å². The molecule has 3 rings (SSSR count). The maximum absolute atomic E-state index is 12.5. The number of para-hydroxylation sites is 1. The second-order valence-electron chi connectivity index (χ2n) is 4.95. The largest absolute Gasteiger partial charge is 0.338 e. The van der Waals surface area contributed by atoms with Gasteiger partial charge in [-0.05, 0) is 48.5 Å². The van der Waals surface area contributed by atoms with Gasteiger partial charge in [-0.15, -0.1) is 0 Å². The van der Waals surface area contributed by atoms with Crippen molar-refractivity contribution in [2.75, 3.05) is 10.0 Å². The van der Waals surface area contributed by atoms with Crippen molar-refractivity contribution in [1.29, 1.82) is 0 Å². The van der Waals surface area contributed by atoms with Gasteiger partial charge in [-0.2, -0.15) is 0 Å². The van der Waals surface area contributed by atoms with Crippen LogP contribution in [-0.2, 0) is 10.0 Å². The summed E-state index contributed by atoms with van der Waals surface area (Å²) < 4.78 is 27.6. The van der Waals surface area contributed by atoms with Gasteiger partial charge in [0.25, 0.3) is 10.0 Å². The summed E-state index contributed by atoms with van der Waals surface area (Å²) in [4.78, 5) is 4.33. The molecule has 1 heterocycles. The summed E-state index contributed by atoms with van der Waals surface area (Å²) in [6.07, 6.45) is 1.59. The zero-order valence-corrected chi connectivity index (χ0v) is 14.1. The first-order valence-corrected chi connectivity index (χ1v) is 8.96. The Bertz CT molecular complexity index is 930. The van der Waals surface area contributed by atoms with Gasteiger partial charge >= 0.3 is 0 Å². The van der Waals surface area contributed by atoms with Gasteiger partial charge in [-0.1, -0.05) is 29.8 Å². The summed E-state index contributed by atoms with van der Waals surface area (Å²) in [6.45, 7) is 0. The zero-order valence-electron chi connectivity index (χ0n) is 12.5. The van der Waals surface area contributed by atoms with Crippen molar-refractivity contribution in [3.63, 3.8) is 0 Å². The predicted octanol–water partition coefficient (Wildman–Crippen LogP) is 4.28. The van der Waals surface area contributed by atoms with Crippen molar-refractivity contribution < 1.29 is 8.42 Å². The number of rotatable bonds is 5. The molecule has 0 unspecified atom stereocenters. The Morgan fingerprint density at radius 1 is 0.875 bits per heavy atom. The van der Waals surface area contributed by atoms with Crippen molar-refractivity contribution >= 4 is 38.8 Å². The van der Waals surface area contributed by atoms with E-state index < -0.39 is 10.0 Å². The lowest BCUT2D eigenvalue weighted by molar-refractivity contribution is 0.601. The van der Waals surface area contributed by atoms with E-state index in [4.69, 9.17) is 11.6 Å². The topological polar surface area (TPSA) is 71.1 Å². The van der Waals surface area contributed by atoms with E-state index in [9.17, 15) is 8.42 Å². The number of aromatic nitrogens is 1. The number of hydrogen-bond donors (Lipinski definition) is 2. The Labute approximate surface area is 145 Å². The number of benzene rings is 2. The molecular formula is C17H14ClN3O2S. The van der Waals surface area contributed by atoms with Gasteiger partial charge in [-0.25, -0.2) is 13.4 Å². The van der Waals surface area contributed by atoms with E-state index in [-0.39, 0.29) is 4.90 Å². The van der Waals surface area contributed by atoms with Crippen LogP contribution in [0.3, 0.4) is 0 Å². The van der Waals surface area contributed by atoms with Gasteiger partial charge in [0.15, 0.2) is 5.82 Å². The second kappa shape index (κ2) is 6.90. The maximum Gasteiger partial charge on any atom is 0.262 e. The molecule has 0 saturated heterocycles. The summed E-state index contributed by atoms with van der Waals surface area (Å²) in [7, 11) is -3.73. The molecule has 5 nitrogen and oxygen atoms in total. The summed E-state index contributed by atoms with van der Waals surface area (Å²) in [5.41, 5.74) is 1.17. The number of anilines is 3. The number of nitrogens with one attached hydrogen (secondary N) is 2. The fraction of sp³-hybridized carbons (Fsp3) is 0. The quantitative estimate of drug-likeness (QED) is 0.713. The van der Waals surface area contributed by atoms with Crippen LogP contribution in [-0.4, -0.2) is 13.4 Å². The highest BCUT2D eigenvalue weighted by Crippen LogP contribution is 2.25. The molecule has 0 radical (unpaired) electrons. The Morgan fingerprint density at radius 3 is 2.29 bits per heavy atom. The summed E-state index contributed by atoms with van der Waals surface area (Å²) in [5, 5.41) is 3.57. The third kappa shape index (κ3) is 3.84. The molecule has 7 heteroatoms. The van der Waals surface area contributed by atoms with E-state index in [2.05, 4.69) is 15.0 Å². The summed E-state index contributed by atoms with van der Waals surface area (Å²) >= 11 is 5.80. The van der Waals surface area contributed by atoms with E-state index in [1.54, 1.807) is 18.3 Å². The molecule has 0 saturated carbocycles. The second-order valence-corrected chi connectivity index (χ2v) is 7.07. The molecule has 0 aliphatic heterocycles. The monoisotopic (exact) mass is 359 g/mol.